The van der Waals surface area contributed by atoms with E-state index in [0.29, 0.717) is 6.61 Å². The summed E-state index contributed by atoms with van der Waals surface area (Å²) in [6.07, 6.45) is 0.953. The zero-order valence-electron chi connectivity index (χ0n) is 10.1. The van der Waals surface area contributed by atoms with Crippen molar-refractivity contribution in [2.75, 3.05) is 13.2 Å². The zero-order valence-corrected chi connectivity index (χ0v) is 11.7. The van der Waals surface area contributed by atoms with Crippen molar-refractivity contribution in [1.29, 1.82) is 0 Å². The van der Waals surface area contributed by atoms with Crippen LogP contribution in [0.5, 0.6) is 0 Å². The molecule has 0 amide bonds. The first kappa shape index (κ1) is 13.0. The maximum absolute atomic E-state index is 13.0. The second-order valence-electron chi connectivity index (χ2n) is 5.04. The van der Waals surface area contributed by atoms with Crippen molar-refractivity contribution in [3.05, 3.63) is 34.1 Å². The van der Waals surface area contributed by atoms with Gasteiger partial charge in [-0.15, -0.1) is 0 Å². The Hall–Kier alpha value is -0.450. The number of ether oxygens (including phenoxy) is 1. The minimum absolute atomic E-state index is 0.0215. The molecule has 1 aliphatic heterocycles. The van der Waals surface area contributed by atoms with Gasteiger partial charge in [0.2, 0.25) is 0 Å². The van der Waals surface area contributed by atoms with Gasteiger partial charge in [0.05, 0.1) is 6.10 Å². The van der Waals surface area contributed by atoms with Gasteiger partial charge < -0.3 is 10.1 Å². The molecule has 0 aliphatic carbocycles. The predicted octanol–water partition coefficient (Wildman–Crippen LogP) is 3.42. The number of hydrogen-bond acceptors (Lipinski definition) is 2. The van der Waals surface area contributed by atoms with Crippen LogP contribution in [-0.2, 0) is 4.74 Å². The van der Waals surface area contributed by atoms with Crippen LogP contribution in [0.1, 0.15) is 31.9 Å². The van der Waals surface area contributed by atoms with Gasteiger partial charge in [0.25, 0.3) is 0 Å². The van der Waals surface area contributed by atoms with E-state index in [1.165, 1.54) is 12.1 Å². The van der Waals surface area contributed by atoms with Gasteiger partial charge in [0.1, 0.15) is 5.82 Å². The van der Waals surface area contributed by atoms with E-state index in [-0.39, 0.29) is 17.5 Å². The highest BCUT2D eigenvalue weighted by molar-refractivity contribution is 9.10. The molecule has 1 fully saturated rings. The summed E-state index contributed by atoms with van der Waals surface area (Å²) in [4.78, 5) is 0. The van der Waals surface area contributed by atoms with Gasteiger partial charge in [0.15, 0.2) is 0 Å². The Morgan fingerprint density at radius 2 is 2.24 bits per heavy atom. The first-order valence-corrected chi connectivity index (χ1v) is 6.59. The van der Waals surface area contributed by atoms with Crippen LogP contribution in [0.2, 0.25) is 0 Å². The highest BCUT2D eigenvalue weighted by atomic mass is 79.9. The number of halogens is 2. The number of hydrogen-bond donors (Lipinski definition) is 1. The number of nitrogens with one attached hydrogen (secondary N) is 1. The molecule has 4 heteroatoms. The Bertz CT molecular complexity index is 408. The van der Waals surface area contributed by atoms with E-state index in [2.05, 4.69) is 35.1 Å². The molecule has 17 heavy (non-hydrogen) atoms. The highest BCUT2D eigenvalue weighted by Gasteiger charge is 2.25. The monoisotopic (exact) mass is 301 g/mol. The van der Waals surface area contributed by atoms with Crippen molar-refractivity contribution in [2.45, 2.75) is 31.9 Å². The summed E-state index contributed by atoms with van der Waals surface area (Å²) in [6.45, 7) is 5.79. The molecule has 2 nitrogen and oxygen atoms in total. The van der Waals surface area contributed by atoms with Crippen LogP contribution in [0.3, 0.4) is 0 Å². The van der Waals surface area contributed by atoms with Crippen LogP contribution in [0, 0.1) is 5.82 Å². The van der Waals surface area contributed by atoms with Gasteiger partial charge in [-0.05, 0) is 38.0 Å². The van der Waals surface area contributed by atoms with Gasteiger partial charge in [-0.2, -0.15) is 0 Å². The third-order valence-corrected chi connectivity index (χ3v) is 3.81. The van der Waals surface area contributed by atoms with Crippen molar-refractivity contribution >= 4 is 15.9 Å². The van der Waals surface area contributed by atoms with Gasteiger partial charge >= 0.3 is 0 Å². The summed E-state index contributed by atoms with van der Waals surface area (Å²) in [5.74, 6) is -0.234. The smallest absolute Gasteiger partial charge is 0.124 e. The van der Waals surface area contributed by atoms with Crippen molar-refractivity contribution in [3.63, 3.8) is 0 Å². The minimum Gasteiger partial charge on any atom is -0.372 e. The van der Waals surface area contributed by atoms with Gasteiger partial charge in [0, 0.05) is 23.2 Å². The molecule has 1 unspecified atom stereocenters. The molecule has 1 aromatic carbocycles. The number of benzene rings is 1. The second kappa shape index (κ2) is 5.04. The lowest BCUT2D eigenvalue weighted by atomic mass is 10.0. The molecule has 1 N–H and O–H groups in total. The van der Waals surface area contributed by atoms with Crippen LogP contribution in [0.15, 0.2) is 22.7 Å². The van der Waals surface area contributed by atoms with E-state index in [4.69, 9.17) is 4.74 Å². The molecule has 0 spiro atoms. The van der Waals surface area contributed by atoms with Crippen LogP contribution >= 0.6 is 15.9 Å². The van der Waals surface area contributed by atoms with E-state index in [9.17, 15) is 4.39 Å². The summed E-state index contributed by atoms with van der Waals surface area (Å²) >= 11 is 3.39. The summed E-state index contributed by atoms with van der Waals surface area (Å²) in [5, 5.41) is 3.47. The molecule has 1 heterocycles. The van der Waals surface area contributed by atoms with Gasteiger partial charge in [-0.1, -0.05) is 22.0 Å². The topological polar surface area (TPSA) is 21.3 Å². The quantitative estimate of drug-likeness (QED) is 0.858. The van der Waals surface area contributed by atoms with E-state index in [1.807, 2.05) is 0 Å². The van der Waals surface area contributed by atoms with Crippen LogP contribution < -0.4 is 5.32 Å². The van der Waals surface area contributed by atoms with Crippen molar-refractivity contribution in [1.82, 2.24) is 5.32 Å². The first-order chi connectivity index (χ1) is 7.98. The summed E-state index contributed by atoms with van der Waals surface area (Å²) < 4.78 is 19.6. The molecule has 1 aromatic rings. The van der Waals surface area contributed by atoms with Gasteiger partial charge in [-0.3, -0.25) is 0 Å². The molecule has 1 atom stereocenters. The molecule has 0 bridgehead atoms. The maximum atomic E-state index is 13.0. The lowest BCUT2D eigenvalue weighted by Gasteiger charge is -2.23. The molecule has 2 rings (SSSR count). The Labute approximate surface area is 110 Å². The Balaban J connectivity index is 2.17. The highest BCUT2D eigenvalue weighted by Crippen LogP contribution is 2.29. The van der Waals surface area contributed by atoms with E-state index in [1.54, 1.807) is 6.07 Å². The lowest BCUT2D eigenvalue weighted by Crippen LogP contribution is -2.39. The predicted molar refractivity (Wildman–Crippen MR) is 69.5 cm³/mol. The molecule has 1 aliphatic rings. The normalized spacial score (nSPS) is 24.4. The number of rotatable bonds is 1. The lowest BCUT2D eigenvalue weighted by molar-refractivity contribution is 0.0651. The van der Waals surface area contributed by atoms with Crippen LogP contribution in [0.4, 0.5) is 4.39 Å². The molecule has 94 valence electrons. The average molecular weight is 302 g/mol. The fourth-order valence-electron chi connectivity index (χ4n) is 1.94. The van der Waals surface area contributed by atoms with E-state index < -0.39 is 0 Å². The average Bonchev–Trinajstić information content (AvgIpc) is 2.40. The van der Waals surface area contributed by atoms with Crippen LogP contribution in [-0.4, -0.2) is 18.7 Å². The minimum atomic E-state index is -0.234. The summed E-state index contributed by atoms with van der Waals surface area (Å²) in [7, 11) is 0. The molecule has 0 saturated carbocycles. The Morgan fingerprint density at radius 3 is 2.94 bits per heavy atom. The van der Waals surface area contributed by atoms with E-state index >= 15 is 0 Å². The summed E-state index contributed by atoms with van der Waals surface area (Å²) in [5.41, 5.74) is 1.10. The molecule has 0 radical (unpaired) electrons. The Morgan fingerprint density at radius 1 is 1.47 bits per heavy atom. The fraction of sp³-hybridized carbons (Fsp3) is 0.538. The SMILES string of the molecule is CC1(C)CCOC(c2ccc(F)cc2Br)CN1. The standard InChI is InChI=1S/C13H17BrFNO/c1-13(2)5-6-17-12(8-16-13)10-4-3-9(15)7-11(10)14/h3-4,7,12,16H,5-6,8H2,1-2H3. The van der Waals surface area contributed by atoms with Crippen molar-refractivity contribution in [3.8, 4) is 0 Å². The third kappa shape index (κ3) is 3.27. The van der Waals surface area contributed by atoms with Crippen molar-refractivity contribution < 1.29 is 9.13 Å². The fourth-order valence-corrected chi connectivity index (χ4v) is 2.54. The summed E-state index contributed by atoms with van der Waals surface area (Å²) in [6, 6.07) is 4.73. The molecular formula is C13H17BrFNO. The molecular weight excluding hydrogens is 285 g/mol. The van der Waals surface area contributed by atoms with Crippen LogP contribution in [0.25, 0.3) is 0 Å². The second-order valence-corrected chi connectivity index (χ2v) is 5.89. The third-order valence-electron chi connectivity index (χ3n) is 3.12. The van der Waals surface area contributed by atoms with E-state index in [0.717, 1.165) is 23.0 Å². The largest absolute Gasteiger partial charge is 0.372 e. The first-order valence-electron chi connectivity index (χ1n) is 5.79. The van der Waals surface area contributed by atoms with Crippen molar-refractivity contribution in [2.24, 2.45) is 0 Å². The van der Waals surface area contributed by atoms with Gasteiger partial charge in [-0.25, -0.2) is 4.39 Å². The maximum Gasteiger partial charge on any atom is 0.124 e. The zero-order chi connectivity index (χ0) is 12.5. The molecule has 0 aromatic heterocycles. The Kier molecular flexibility index (Phi) is 3.85. The molecule has 1 saturated heterocycles.